The van der Waals surface area contributed by atoms with Crippen molar-refractivity contribution in [1.82, 2.24) is 5.32 Å². The quantitative estimate of drug-likeness (QED) is 0.536. The molecule has 0 aromatic carbocycles. The lowest BCUT2D eigenvalue weighted by molar-refractivity contribution is 0.769. The van der Waals surface area contributed by atoms with E-state index in [2.05, 4.69) is 35.0 Å². The summed E-state index contributed by atoms with van der Waals surface area (Å²) in [4.78, 5) is 1.40. The molecule has 0 radical (unpaired) electrons. The molecule has 11 heavy (non-hydrogen) atoms. The van der Waals surface area contributed by atoms with Gasteiger partial charge in [0.05, 0.1) is 0 Å². The van der Waals surface area contributed by atoms with Crippen molar-refractivity contribution in [3.63, 3.8) is 0 Å². The van der Waals surface area contributed by atoms with Crippen LogP contribution in [-0.2, 0) is 6.54 Å². The van der Waals surface area contributed by atoms with Gasteiger partial charge in [0.1, 0.15) is 0 Å². The van der Waals surface area contributed by atoms with Gasteiger partial charge in [-0.1, -0.05) is 18.2 Å². The molecule has 1 N–H and O–H groups in total. The van der Waals surface area contributed by atoms with Gasteiger partial charge in [0.25, 0.3) is 0 Å². The SMILES string of the molecule is C/C=C/CNCc1cccs1. The average molecular weight is 167 g/mol. The molecule has 0 fully saturated rings. The molecule has 1 rings (SSSR count). The first-order chi connectivity index (χ1) is 5.43. The Bertz CT molecular complexity index is 201. The van der Waals surface area contributed by atoms with Gasteiger partial charge in [-0.3, -0.25) is 0 Å². The average Bonchev–Trinajstić information content (AvgIpc) is 2.50. The number of allylic oxidation sites excluding steroid dienone is 1. The number of rotatable bonds is 4. The minimum Gasteiger partial charge on any atom is -0.308 e. The first-order valence-corrected chi connectivity index (χ1v) is 4.65. The minimum absolute atomic E-state index is 0.967. The van der Waals surface area contributed by atoms with Crippen LogP contribution in [0.25, 0.3) is 0 Å². The molecule has 60 valence electrons. The van der Waals surface area contributed by atoms with Gasteiger partial charge in [0.15, 0.2) is 0 Å². The largest absolute Gasteiger partial charge is 0.308 e. The highest BCUT2D eigenvalue weighted by Crippen LogP contribution is 2.06. The monoisotopic (exact) mass is 167 g/mol. The Morgan fingerprint density at radius 3 is 3.18 bits per heavy atom. The molecular formula is C9H13NS. The first kappa shape index (κ1) is 8.50. The van der Waals surface area contributed by atoms with Gasteiger partial charge in [0, 0.05) is 18.0 Å². The molecule has 1 heterocycles. The summed E-state index contributed by atoms with van der Waals surface area (Å²) in [7, 11) is 0. The van der Waals surface area contributed by atoms with Gasteiger partial charge in [0.2, 0.25) is 0 Å². The number of hydrogen-bond acceptors (Lipinski definition) is 2. The molecule has 2 heteroatoms. The Balaban J connectivity index is 2.14. The highest BCUT2D eigenvalue weighted by molar-refractivity contribution is 7.09. The van der Waals surface area contributed by atoms with Crippen molar-refractivity contribution >= 4 is 11.3 Å². The van der Waals surface area contributed by atoms with E-state index in [0.717, 1.165) is 13.1 Å². The van der Waals surface area contributed by atoms with Gasteiger partial charge in [-0.05, 0) is 18.4 Å². The predicted octanol–water partition coefficient (Wildman–Crippen LogP) is 2.41. The van der Waals surface area contributed by atoms with Crippen LogP contribution in [0.1, 0.15) is 11.8 Å². The van der Waals surface area contributed by atoms with Crippen molar-refractivity contribution in [2.75, 3.05) is 6.54 Å². The molecule has 1 aromatic rings. The van der Waals surface area contributed by atoms with E-state index in [9.17, 15) is 0 Å². The minimum atomic E-state index is 0.967. The van der Waals surface area contributed by atoms with Crippen LogP contribution in [0, 0.1) is 0 Å². The Hall–Kier alpha value is -0.600. The highest BCUT2D eigenvalue weighted by Gasteiger charge is 1.89. The molecular weight excluding hydrogens is 154 g/mol. The van der Waals surface area contributed by atoms with Crippen LogP contribution in [0.15, 0.2) is 29.7 Å². The normalized spacial score (nSPS) is 11.0. The summed E-state index contributed by atoms with van der Waals surface area (Å²) in [6, 6.07) is 4.23. The molecule has 0 atom stereocenters. The predicted molar refractivity (Wildman–Crippen MR) is 50.8 cm³/mol. The Kier molecular flexibility index (Phi) is 3.94. The number of thiophene rings is 1. The van der Waals surface area contributed by atoms with Crippen LogP contribution < -0.4 is 5.32 Å². The second-order valence-corrected chi connectivity index (χ2v) is 3.31. The van der Waals surface area contributed by atoms with Crippen molar-refractivity contribution in [3.05, 3.63) is 34.5 Å². The molecule has 0 saturated carbocycles. The van der Waals surface area contributed by atoms with Crippen molar-refractivity contribution in [3.8, 4) is 0 Å². The van der Waals surface area contributed by atoms with E-state index in [-0.39, 0.29) is 0 Å². The Labute approximate surface area is 71.8 Å². The van der Waals surface area contributed by atoms with Crippen molar-refractivity contribution in [2.45, 2.75) is 13.5 Å². The third-order valence-corrected chi connectivity index (χ3v) is 2.25. The summed E-state index contributed by atoms with van der Waals surface area (Å²) < 4.78 is 0. The van der Waals surface area contributed by atoms with Crippen molar-refractivity contribution < 1.29 is 0 Å². The van der Waals surface area contributed by atoms with Crippen LogP contribution in [0.2, 0.25) is 0 Å². The molecule has 0 spiro atoms. The van der Waals surface area contributed by atoms with Crippen molar-refractivity contribution in [2.24, 2.45) is 0 Å². The topological polar surface area (TPSA) is 12.0 Å². The maximum absolute atomic E-state index is 3.31. The second-order valence-electron chi connectivity index (χ2n) is 2.28. The fourth-order valence-electron chi connectivity index (χ4n) is 0.810. The lowest BCUT2D eigenvalue weighted by atomic mass is 10.4. The van der Waals surface area contributed by atoms with E-state index >= 15 is 0 Å². The fourth-order valence-corrected chi connectivity index (χ4v) is 1.48. The molecule has 1 aromatic heterocycles. The van der Waals surface area contributed by atoms with Gasteiger partial charge < -0.3 is 5.32 Å². The van der Waals surface area contributed by atoms with Gasteiger partial charge in [-0.2, -0.15) is 0 Å². The summed E-state index contributed by atoms with van der Waals surface area (Å²) in [6.45, 7) is 3.99. The van der Waals surface area contributed by atoms with E-state index in [0.29, 0.717) is 0 Å². The van der Waals surface area contributed by atoms with Gasteiger partial charge in [-0.25, -0.2) is 0 Å². The smallest absolute Gasteiger partial charge is 0.0302 e. The van der Waals surface area contributed by atoms with E-state index < -0.39 is 0 Å². The summed E-state index contributed by atoms with van der Waals surface area (Å²) in [5, 5.41) is 5.42. The summed E-state index contributed by atoms with van der Waals surface area (Å²) in [6.07, 6.45) is 4.18. The summed E-state index contributed by atoms with van der Waals surface area (Å²) in [5.74, 6) is 0. The standard InChI is InChI=1S/C9H13NS/c1-2-3-6-10-8-9-5-4-7-11-9/h2-5,7,10H,6,8H2,1H3/b3-2+. The zero-order chi connectivity index (χ0) is 7.94. The Morgan fingerprint density at radius 2 is 2.55 bits per heavy atom. The maximum atomic E-state index is 3.31. The zero-order valence-corrected chi connectivity index (χ0v) is 7.53. The number of nitrogens with one attached hydrogen (secondary N) is 1. The van der Waals surface area contributed by atoms with Crippen LogP contribution >= 0.6 is 11.3 Å². The molecule has 0 aliphatic carbocycles. The van der Waals surface area contributed by atoms with Crippen molar-refractivity contribution in [1.29, 1.82) is 0 Å². The van der Waals surface area contributed by atoms with Crippen LogP contribution in [0.5, 0.6) is 0 Å². The molecule has 0 bridgehead atoms. The fraction of sp³-hybridized carbons (Fsp3) is 0.333. The van der Waals surface area contributed by atoms with Gasteiger partial charge in [-0.15, -0.1) is 11.3 Å². The lowest BCUT2D eigenvalue weighted by Gasteiger charge is -1.96. The molecule has 0 aliphatic heterocycles. The van der Waals surface area contributed by atoms with E-state index in [4.69, 9.17) is 0 Å². The first-order valence-electron chi connectivity index (χ1n) is 3.77. The molecule has 0 unspecified atom stereocenters. The van der Waals surface area contributed by atoms with E-state index in [1.807, 2.05) is 6.92 Å². The second kappa shape index (κ2) is 5.10. The summed E-state index contributed by atoms with van der Waals surface area (Å²) in [5.41, 5.74) is 0. The third-order valence-electron chi connectivity index (χ3n) is 1.38. The lowest BCUT2D eigenvalue weighted by Crippen LogP contribution is -2.11. The zero-order valence-electron chi connectivity index (χ0n) is 6.71. The molecule has 1 nitrogen and oxygen atoms in total. The van der Waals surface area contributed by atoms with Crippen LogP contribution in [-0.4, -0.2) is 6.54 Å². The Morgan fingerprint density at radius 1 is 1.64 bits per heavy atom. The molecule has 0 aliphatic rings. The third kappa shape index (κ3) is 3.35. The molecule has 0 saturated heterocycles. The van der Waals surface area contributed by atoms with Crippen LogP contribution in [0.3, 0.4) is 0 Å². The maximum Gasteiger partial charge on any atom is 0.0302 e. The highest BCUT2D eigenvalue weighted by atomic mass is 32.1. The number of hydrogen-bond donors (Lipinski definition) is 1. The van der Waals surface area contributed by atoms with Gasteiger partial charge >= 0.3 is 0 Å². The van der Waals surface area contributed by atoms with Crippen LogP contribution in [0.4, 0.5) is 0 Å². The van der Waals surface area contributed by atoms with E-state index in [1.54, 1.807) is 11.3 Å². The molecule has 0 amide bonds. The van der Waals surface area contributed by atoms with E-state index in [1.165, 1.54) is 4.88 Å². The summed E-state index contributed by atoms with van der Waals surface area (Å²) >= 11 is 1.79.